The summed E-state index contributed by atoms with van der Waals surface area (Å²) in [5.41, 5.74) is 7.05. The molecule has 1 aliphatic rings. The van der Waals surface area contributed by atoms with Crippen LogP contribution in [0.4, 0.5) is 11.4 Å². The number of aliphatic hydroxyl groups is 1. The summed E-state index contributed by atoms with van der Waals surface area (Å²) in [5, 5.41) is 11.9. The Hall–Kier alpha value is -1.59. The van der Waals surface area contributed by atoms with Crippen molar-refractivity contribution >= 4 is 17.3 Å². The smallest absolute Gasteiger partial charge is 0.225 e. The van der Waals surface area contributed by atoms with E-state index in [0.29, 0.717) is 31.2 Å². The van der Waals surface area contributed by atoms with Gasteiger partial charge in [-0.1, -0.05) is 6.42 Å². The summed E-state index contributed by atoms with van der Waals surface area (Å²) < 4.78 is 0. The van der Waals surface area contributed by atoms with Gasteiger partial charge in [-0.2, -0.15) is 0 Å². The normalized spacial score (nSPS) is 15.1. The second kappa shape index (κ2) is 7.26. The highest BCUT2D eigenvalue weighted by Crippen LogP contribution is 2.24. The van der Waals surface area contributed by atoms with Gasteiger partial charge in [-0.15, -0.1) is 0 Å². The van der Waals surface area contributed by atoms with Crippen molar-refractivity contribution in [1.29, 1.82) is 0 Å². The lowest BCUT2D eigenvalue weighted by Gasteiger charge is -2.37. The van der Waals surface area contributed by atoms with E-state index in [4.69, 9.17) is 10.8 Å². The summed E-state index contributed by atoms with van der Waals surface area (Å²) in [6, 6.07) is 7.67. The van der Waals surface area contributed by atoms with Crippen molar-refractivity contribution in [1.82, 2.24) is 4.90 Å². The van der Waals surface area contributed by atoms with Crippen molar-refractivity contribution in [3.05, 3.63) is 24.3 Å². The van der Waals surface area contributed by atoms with Crippen molar-refractivity contribution in [2.24, 2.45) is 0 Å². The molecule has 5 nitrogen and oxygen atoms in total. The summed E-state index contributed by atoms with van der Waals surface area (Å²) in [6.07, 6.45) is 4.06. The summed E-state index contributed by atoms with van der Waals surface area (Å²) >= 11 is 0. The highest BCUT2D eigenvalue weighted by atomic mass is 16.3. The van der Waals surface area contributed by atoms with Crippen LogP contribution in [0.5, 0.6) is 0 Å². The van der Waals surface area contributed by atoms with Crippen LogP contribution < -0.4 is 11.1 Å². The predicted molar refractivity (Wildman–Crippen MR) is 80.4 cm³/mol. The van der Waals surface area contributed by atoms with E-state index in [2.05, 4.69) is 10.2 Å². The number of nitrogens with one attached hydrogen (secondary N) is 1. The molecule has 2 rings (SSSR count). The van der Waals surface area contributed by atoms with E-state index < -0.39 is 0 Å². The summed E-state index contributed by atoms with van der Waals surface area (Å²) in [6.45, 7) is 1.50. The number of hydrogen-bond donors (Lipinski definition) is 3. The number of carbonyl (C=O) groups excluding carboxylic acids is 1. The molecular weight excluding hydrogens is 254 g/mol. The van der Waals surface area contributed by atoms with Crippen LogP contribution in [-0.2, 0) is 4.79 Å². The number of aliphatic hydroxyl groups excluding tert-OH is 1. The molecule has 4 N–H and O–H groups in total. The number of carbonyl (C=O) groups is 1. The van der Waals surface area contributed by atoms with Gasteiger partial charge in [-0.3, -0.25) is 9.69 Å². The van der Waals surface area contributed by atoms with Gasteiger partial charge in [0.25, 0.3) is 0 Å². The molecule has 0 aliphatic heterocycles. The lowest BCUT2D eigenvalue weighted by Crippen LogP contribution is -2.43. The maximum Gasteiger partial charge on any atom is 0.225 e. The number of nitrogen functional groups attached to an aromatic ring is 1. The van der Waals surface area contributed by atoms with E-state index in [0.717, 1.165) is 5.69 Å². The highest BCUT2D eigenvalue weighted by molar-refractivity contribution is 5.90. The van der Waals surface area contributed by atoms with Crippen LogP contribution in [-0.4, -0.2) is 41.7 Å². The number of nitrogens with two attached hydrogens (primary N) is 1. The lowest BCUT2D eigenvalue weighted by atomic mass is 9.91. The number of benzene rings is 1. The third kappa shape index (κ3) is 4.21. The number of nitrogens with zero attached hydrogens (tertiary/aromatic N) is 1. The number of amides is 1. The van der Waals surface area contributed by atoms with Crippen LogP contribution in [0, 0.1) is 0 Å². The van der Waals surface area contributed by atoms with Gasteiger partial charge in [-0.25, -0.2) is 0 Å². The second-order valence-corrected chi connectivity index (χ2v) is 5.26. The number of hydrogen-bond acceptors (Lipinski definition) is 4. The van der Waals surface area contributed by atoms with Crippen molar-refractivity contribution in [3.63, 3.8) is 0 Å². The standard InChI is InChI=1S/C15H23N3O2/c16-12-4-6-13(7-5-12)17-15(20)8-9-18(10-11-19)14-2-1-3-14/h4-7,14,19H,1-3,8-11,16H2,(H,17,20). The first kappa shape index (κ1) is 14.8. The van der Waals surface area contributed by atoms with Crippen molar-refractivity contribution in [2.75, 3.05) is 30.7 Å². The summed E-state index contributed by atoms with van der Waals surface area (Å²) in [4.78, 5) is 14.1. The average Bonchev–Trinajstić information content (AvgIpc) is 2.37. The van der Waals surface area contributed by atoms with Crippen LogP contribution in [0.15, 0.2) is 24.3 Å². The van der Waals surface area contributed by atoms with Gasteiger partial charge >= 0.3 is 0 Å². The Morgan fingerprint density at radius 2 is 2.00 bits per heavy atom. The van der Waals surface area contributed by atoms with Crippen LogP contribution in [0.2, 0.25) is 0 Å². The van der Waals surface area contributed by atoms with Gasteiger partial charge in [0.15, 0.2) is 0 Å². The molecule has 1 aromatic carbocycles. The van der Waals surface area contributed by atoms with Gasteiger partial charge in [0.2, 0.25) is 5.91 Å². The Balaban J connectivity index is 1.76. The van der Waals surface area contributed by atoms with Crippen molar-refractivity contribution in [3.8, 4) is 0 Å². The number of anilines is 2. The molecule has 20 heavy (non-hydrogen) atoms. The van der Waals surface area contributed by atoms with Crippen molar-refractivity contribution < 1.29 is 9.90 Å². The topological polar surface area (TPSA) is 78.6 Å². The minimum absolute atomic E-state index is 0.00275. The van der Waals surface area contributed by atoms with E-state index >= 15 is 0 Å². The summed E-state index contributed by atoms with van der Waals surface area (Å²) in [5.74, 6) is -0.00275. The zero-order valence-electron chi connectivity index (χ0n) is 11.7. The average molecular weight is 277 g/mol. The summed E-state index contributed by atoms with van der Waals surface area (Å²) in [7, 11) is 0. The van der Waals surface area contributed by atoms with Gasteiger partial charge in [0, 0.05) is 36.9 Å². The maximum absolute atomic E-state index is 11.9. The van der Waals surface area contributed by atoms with Gasteiger partial charge in [0.05, 0.1) is 6.61 Å². The Labute approximate surface area is 119 Å². The van der Waals surface area contributed by atoms with E-state index in [-0.39, 0.29) is 12.5 Å². The third-order valence-electron chi connectivity index (χ3n) is 3.80. The molecule has 1 aliphatic carbocycles. The van der Waals surface area contributed by atoms with Crippen LogP contribution >= 0.6 is 0 Å². The van der Waals surface area contributed by atoms with E-state index in [9.17, 15) is 4.79 Å². The third-order valence-corrected chi connectivity index (χ3v) is 3.80. The molecule has 5 heteroatoms. The number of rotatable bonds is 7. The Morgan fingerprint density at radius 1 is 1.30 bits per heavy atom. The lowest BCUT2D eigenvalue weighted by molar-refractivity contribution is -0.116. The molecule has 110 valence electrons. The fourth-order valence-corrected chi connectivity index (χ4v) is 2.39. The van der Waals surface area contributed by atoms with Crippen LogP contribution in [0.3, 0.4) is 0 Å². The molecule has 1 saturated carbocycles. The van der Waals surface area contributed by atoms with Gasteiger partial charge in [0.1, 0.15) is 0 Å². The molecule has 1 aromatic rings. The van der Waals surface area contributed by atoms with Crippen LogP contribution in [0.25, 0.3) is 0 Å². The Kier molecular flexibility index (Phi) is 5.38. The first-order valence-electron chi connectivity index (χ1n) is 7.19. The molecule has 0 atom stereocenters. The largest absolute Gasteiger partial charge is 0.399 e. The molecule has 0 bridgehead atoms. The molecule has 0 radical (unpaired) electrons. The quantitative estimate of drug-likeness (QED) is 0.659. The van der Waals surface area contributed by atoms with Gasteiger partial charge < -0.3 is 16.2 Å². The first-order chi connectivity index (χ1) is 9.69. The zero-order valence-corrected chi connectivity index (χ0v) is 11.7. The molecule has 0 saturated heterocycles. The molecular formula is C15H23N3O2. The Morgan fingerprint density at radius 3 is 2.55 bits per heavy atom. The fraction of sp³-hybridized carbons (Fsp3) is 0.533. The zero-order chi connectivity index (χ0) is 14.4. The van der Waals surface area contributed by atoms with E-state index in [1.54, 1.807) is 24.3 Å². The molecule has 1 fully saturated rings. The fourth-order valence-electron chi connectivity index (χ4n) is 2.39. The van der Waals surface area contributed by atoms with Crippen LogP contribution in [0.1, 0.15) is 25.7 Å². The molecule has 0 unspecified atom stereocenters. The van der Waals surface area contributed by atoms with E-state index in [1.807, 2.05) is 0 Å². The van der Waals surface area contributed by atoms with Crippen molar-refractivity contribution in [2.45, 2.75) is 31.7 Å². The minimum atomic E-state index is -0.00275. The van der Waals surface area contributed by atoms with Gasteiger partial charge in [-0.05, 0) is 37.1 Å². The molecule has 1 amide bonds. The monoisotopic (exact) mass is 277 g/mol. The minimum Gasteiger partial charge on any atom is -0.399 e. The molecule has 0 spiro atoms. The Bertz CT molecular complexity index is 429. The highest BCUT2D eigenvalue weighted by Gasteiger charge is 2.24. The second-order valence-electron chi connectivity index (χ2n) is 5.26. The molecule has 0 heterocycles. The SMILES string of the molecule is Nc1ccc(NC(=O)CCN(CCO)C2CCC2)cc1. The maximum atomic E-state index is 11.9. The first-order valence-corrected chi connectivity index (χ1v) is 7.19. The van der Waals surface area contributed by atoms with E-state index in [1.165, 1.54) is 19.3 Å². The predicted octanol–water partition coefficient (Wildman–Crippen LogP) is 1.44. The molecule has 0 aromatic heterocycles.